The number of hydrogen-bond acceptors (Lipinski definition) is 4. The van der Waals surface area contributed by atoms with Gasteiger partial charge in [-0.05, 0) is 24.3 Å². The fourth-order valence-electron chi connectivity index (χ4n) is 1.80. The third-order valence-corrected chi connectivity index (χ3v) is 3.87. The molecule has 0 bridgehead atoms. The second kappa shape index (κ2) is 5.79. The molecule has 0 aliphatic rings. The Bertz CT molecular complexity index is 677. The Morgan fingerprint density at radius 2 is 1.90 bits per heavy atom. The van der Waals surface area contributed by atoms with Gasteiger partial charge in [0.15, 0.2) is 0 Å². The average Bonchev–Trinajstić information content (AvgIpc) is 2.97. The molecule has 1 aromatic carbocycles. The van der Waals surface area contributed by atoms with Crippen molar-refractivity contribution >= 4 is 17.6 Å². The lowest BCUT2D eigenvalue weighted by molar-refractivity contribution is 0.880. The predicted molar refractivity (Wildman–Crippen MR) is 81.8 cm³/mol. The minimum atomic E-state index is 0.547. The van der Waals surface area contributed by atoms with Gasteiger partial charge >= 0.3 is 0 Å². The number of pyridine rings is 1. The zero-order chi connectivity index (χ0) is 13.8. The molecular formula is C15H14N4S. The van der Waals surface area contributed by atoms with Crippen molar-refractivity contribution in [2.24, 2.45) is 0 Å². The molecule has 0 atom stereocenters. The fourth-order valence-corrected chi connectivity index (χ4v) is 2.57. The molecule has 4 nitrogen and oxygen atoms in total. The number of nitrogen functional groups attached to an aromatic ring is 1. The number of benzene rings is 1. The lowest BCUT2D eigenvalue weighted by Gasteiger charge is -2.00. The van der Waals surface area contributed by atoms with Gasteiger partial charge in [0.05, 0.1) is 11.9 Å². The fraction of sp³-hybridized carbons (Fsp3) is 0.0667. The third-order valence-electron chi connectivity index (χ3n) is 2.82. The number of anilines is 1. The van der Waals surface area contributed by atoms with Gasteiger partial charge in [0, 0.05) is 28.6 Å². The van der Waals surface area contributed by atoms with Gasteiger partial charge in [-0.3, -0.25) is 0 Å². The van der Waals surface area contributed by atoms with Crippen LogP contribution in [0.3, 0.4) is 0 Å². The smallest absolute Gasteiger partial charge is 0.123 e. The number of thioether (sulfide) groups is 1. The summed E-state index contributed by atoms with van der Waals surface area (Å²) < 4.78 is 1.89. The summed E-state index contributed by atoms with van der Waals surface area (Å²) in [6, 6.07) is 13.9. The summed E-state index contributed by atoms with van der Waals surface area (Å²) in [5.74, 6) is 1.41. The van der Waals surface area contributed by atoms with E-state index in [9.17, 15) is 0 Å². The molecule has 2 heterocycles. The molecule has 0 spiro atoms. The Morgan fingerprint density at radius 3 is 2.65 bits per heavy atom. The topological polar surface area (TPSA) is 56.7 Å². The van der Waals surface area contributed by atoms with Gasteiger partial charge in [0.25, 0.3) is 0 Å². The molecule has 2 aromatic heterocycles. The van der Waals surface area contributed by atoms with Crippen LogP contribution in [0.2, 0.25) is 0 Å². The van der Waals surface area contributed by atoms with Crippen LogP contribution in [-0.2, 0) is 5.75 Å². The molecule has 0 saturated carbocycles. The second-order valence-corrected chi connectivity index (χ2v) is 5.38. The number of nitrogens with two attached hydrogens (primary N) is 1. The molecule has 0 unspecified atom stereocenters. The van der Waals surface area contributed by atoms with Crippen molar-refractivity contribution in [3.05, 3.63) is 66.6 Å². The van der Waals surface area contributed by atoms with Crippen LogP contribution < -0.4 is 5.73 Å². The molecule has 0 saturated heterocycles. The quantitative estimate of drug-likeness (QED) is 0.747. The first-order chi connectivity index (χ1) is 9.81. The van der Waals surface area contributed by atoms with Crippen LogP contribution in [0.4, 0.5) is 5.82 Å². The van der Waals surface area contributed by atoms with Crippen LogP contribution in [-0.4, -0.2) is 14.8 Å². The van der Waals surface area contributed by atoms with Gasteiger partial charge in [-0.1, -0.05) is 18.2 Å². The van der Waals surface area contributed by atoms with E-state index in [-0.39, 0.29) is 0 Å². The van der Waals surface area contributed by atoms with Gasteiger partial charge in [-0.25, -0.2) is 9.67 Å². The Labute approximate surface area is 121 Å². The third kappa shape index (κ3) is 3.00. The molecule has 0 radical (unpaired) electrons. The highest BCUT2D eigenvalue weighted by atomic mass is 32.2. The Hall–Kier alpha value is -2.27. The molecule has 0 aliphatic heterocycles. The summed E-state index contributed by atoms with van der Waals surface area (Å²) in [5.41, 5.74) is 7.81. The van der Waals surface area contributed by atoms with Crippen molar-refractivity contribution in [3.8, 4) is 5.69 Å². The van der Waals surface area contributed by atoms with Gasteiger partial charge in [0.1, 0.15) is 5.82 Å². The average molecular weight is 282 g/mol. The maximum absolute atomic E-state index is 5.57. The molecule has 100 valence electrons. The normalized spacial score (nSPS) is 10.6. The Morgan fingerprint density at radius 1 is 1.05 bits per heavy atom. The summed E-state index contributed by atoms with van der Waals surface area (Å²) in [6.45, 7) is 0. The predicted octanol–water partition coefficient (Wildman–Crippen LogP) is 3.14. The lowest BCUT2D eigenvalue weighted by Crippen LogP contribution is -1.92. The van der Waals surface area contributed by atoms with Crippen LogP contribution in [0.1, 0.15) is 5.56 Å². The zero-order valence-corrected chi connectivity index (χ0v) is 11.6. The van der Waals surface area contributed by atoms with E-state index in [1.54, 1.807) is 18.0 Å². The first-order valence-corrected chi connectivity index (χ1v) is 7.23. The van der Waals surface area contributed by atoms with E-state index >= 15 is 0 Å². The summed E-state index contributed by atoms with van der Waals surface area (Å²) in [6.07, 6.45) is 5.74. The van der Waals surface area contributed by atoms with Gasteiger partial charge < -0.3 is 5.73 Å². The number of hydrogen-bond donors (Lipinski definition) is 1. The van der Waals surface area contributed by atoms with E-state index < -0.39 is 0 Å². The van der Waals surface area contributed by atoms with Gasteiger partial charge in [-0.2, -0.15) is 5.10 Å². The molecule has 0 aliphatic carbocycles. The number of aromatic nitrogens is 3. The van der Waals surface area contributed by atoms with E-state index in [0.717, 1.165) is 16.3 Å². The van der Waals surface area contributed by atoms with Crippen molar-refractivity contribution in [1.82, 2.24) is 14.8 Å². The number of para-hydroxylation sites is 1. The summed E-state index contributed by atoms with van der Waals surface area (Å²) in [7, 11) is 0. The first-order valence-electron chi connectivity index (χ1n) is 6.24. The summed E-state index contributed by atoms with van der Waals surface area (Å²) in [5, 5.41) is 4.38. The zero-order valence-electron chi connectivity index (χ0n) is 10.8. The maximum Gasteiger partial charge on any atom is 0.123 e. The van der Waals surface area contributed by atoms with Crippen molar-refractivity contribution in [2.45, 2.75) is 10.6 Å². The van der Waals surface area contributed by atoms with Gasteiger partial charge in [-0.15, -0.1) is 11.8 Å². The molecule has 2 N–H and O–H groups in total. The minimum absolute atomic E-state index is 0.547. The molecule has 3 rings (SSSR count). The van der Waals surface area contributed by atoms with E-state index in [1.165, 1.54) is 5.56 Å². The van der Waals surface area contributed by atoms with Crippen LogP contribution in [0.25, 0.3) is 5.69 Å². The molecule has 5 heteroatoms. The summed E-state index contributed by atoms with van der Waals surface area (Å²) in [4.78, 5) is 5.18. The maximum atomic E-state index is 5.57. The SMILES string of the molecule is Nc1ccc(SCc2cnn(-c3ccccc3)c2)cn1. The van der Waals surface area contributed by atoms with Crippen LogP contribution in [0.5, 0.6) is 0 Å². The van der Waals surface area contributed by atoms with Crippen molar-refractivity contribution in [2.75, 3.05) is 5.73 Å². The Kier molecular flexibility index (Phi) is 3.69. The van der Waals surface area contributed by atoms with E-state index in [1.807, 2.05) is 59.5 Å². The molecule has 20 heavy (non-hydrogen) atoms. The highest BCUT2D eigenvalue weighted by Crippen LogP contribution is 2.22. The standard InChI is InChI=1S/C15H14N4S/c16-15-7-6-14(9-17-15)20-11-12-8-18-19(10-12)13-4-2-1-3-5-13/h1-10H,11H2,(H2,16,17). The second-order valence-electron chi connectivity index (χ2n) is 4.34. The Balaban J connectivity index is 1.67. The van der Waals surface area contributed by atoms with Crippen LogP contribution >= 0.6 is 11.8 Å². The largest absolute Gasteiger partial charge is 0.384 e. The van der Waals surface area contributed by atoms with Crippen LogP contribution in [0.15, 0.2) is 66.0 Å². The molecule has 0 fully saturated rings. The van der Waals surface area contributed by atoms with E-state index in [0.29, 0.717) is 5.82 Å². The summed E-state index contributed by atoms with van der Waals surface area (Å²) >= 11 is 1.72. The highest BCUT2D eigenvalue weighted by Gasteiger charge is 2.02. The van der Waals surface area contributed by atoms with E-state index in [2.05, 4.69) is 10.1 Å². The molecular weight excluding hydrogens is 268 g/mol. The van der Waals surface area contributed by atoms with Crippen LogP contribution in [0, 0.1) is 0 Å². The monoisotopic (exact) mass is 282 g/mol. The van der Waals surface area contributed by atoms with Crippen molar-refractivity contribution in [1.29, 1.82) is 0 Å². The van der Waals surface area contributed by atoms with Crippen molar-refractivity contribution in [3.63, 3.8) is 0 Å². The lowest BCUT2D eigenvalue weighted by atomic mass is 10.3. The molecule has 3 aromatic rings. The minimum Gasteiger partial charge on any atom is -0.384 e. The van der Waals surface area contributed by atoms with Crippen molar-refractivity contribution < 1.29 is 0 Å². The molecule has 0 amide bonds. The van der Waals surface area contributed by atoms with E-state index in [4.69, 9.17) is 5.73 Å². The first kappa shape index (κ1) is 12.7. The number of nitrogens with zero attached hydrogens (tertiary/aromatic N) is 3. The highest BCUT2D eigenvalue weighted by molar-refractivity contribution is 7.98. The van der Waals surface area contributed by atoms with Gasteiger partial charge in [0.2, 0.25) is 0 Å². The number of rotatable bonds is 4.